The highest BCUT2D eigenvalue weighted by Crippen LogP contribution is 2.18. The summed E-state index contributed by atoms with van der Waals surface area (Å²) < 4.78 is 31.9. The van der Waals surface area contributed by atoms with Crippen LogP contribution in [0.2, 0.25) is 0 Å². The van der Waals surface area contributed by atoms with E-state index < -0.39 is 10.0 Å². The minimum atomic E-state index is -3.26. The van der Waals surface area contributed by atoms with Gasteiger partial charge < -0.3 is 4.74 Å². The van der Waals surface area contributed by atoms with E-state index in [-0.39, 0.29) is 5.75 Å². The second kappa shape index (κ2) is 7.84. The Kier molecular flexibility index (Phi) is 5.83. The molecule has 0 fully saturated rings. The molecule has 0 saturated carbocycles. The van der Waals surface area contributed by atoms with Crippen molar-refractivity contribution in [2.45, 2.75) is 26.4 Å². The fourth-order valence-electron chi connectivity index (χ4n) is 1.93. The predicted octanol–water partition coefficient (Wildman–Crippen LogP) is 3.81. The van der Waals surface area contributed by atoms with Gasteiger partial charge >= 0.3 is 0 Å². The molecule has 0 atom stereocenters. The summed E-state index contributed by atoms with van der Waals surface area (Å²) >= 11 is 0. The number of hydrogen-bond acceptors (Lipinski definition) is 3. The van der Waals surface area contributed by atoms with Gasteiger partial charge in [-0.2, -0.15) is 0 Å². The molecule has 0 spiro atoms. The van der Waals surface area contributed by atoms with Crippen molar-refractivity contribution in [3.8, 4) is 5.75 Å². The van der Waals surface area contributed by atoms with Crippen LogP contribution in [-0.4, -0.2) is 14.2 Å². The van der Waals surface area contributed by atoms with Crippen molar-refractivity contribution in [2.75, 3.05) is 10.5 Å². The summed E-state index contributed by atoms with van der Waals surface area (Å²) in [6.45, 7) is 2.46. The minimum absolute atomic E-state index is 0.149. The van der Waals surface area contributed by atoms with E-state index in [2.05, 4.69) is 4.72 Å². The smallest absolute Gasteiger partial charge is 0.232 e. The van der Waals surface area contributed by atoms with Crippen LogP contribution in [0.4, 0.5) is 5.69 Å². The molecule has 0 unspecified atom stereocenters. The summed E-state index contributed by atoms with van der Waals surface area (Å²) in [7, 11) is -3.26. The lowest BCUT2D eigenvalue weighted by molar-refractivity contribution is 0.306. The van der Waals surface area contributed by atoms with E-state index >= 15 is 0 Å². The van der Waals surface area contributed by atoms with Crippen molar-refractivity contribution in [3.05, 3.63) is 60.2 Å². The highest BCUT2D eigenvalue weighted by Gasteiger charge is 2.09. The SMILES string of the molecule is CCCCS(=O)(=O)Nc1ccc(OCc2ccccc2)cc1. The van der Waals surface area contributed by atoms with Crippen LogP contribution < -0.4 is 9.46 Å². The number of anilines is 1. The molecule has 0 aliphatic carbocycles. The zero-order chi connectivity index (χ0) is 15.8. The zero-order valence-electron chi connectivity index (χ0n) is 12.7. The van der Waals surface area contributed by atoms with Gasteiger partial charge in [0.05, 0.1) is 5.75 Å². The molecule has 2 rings (SSSR count). The Labute approximate surface area is 132 Å². The van der Waals surface area contributed by atoms with Crippen LogP contribution in [0, 0.1) is 0 Å². The molecule has 2 aromatic rings. The van der Waals surface area contributed by atoms with E-state index in [0.29, 0.717) is 24.5 Å². The minimum Gasteiger partial charge on any atom is -0.489 e. The largest absolute Gasteiger partial charge is 0.489 e. The van der Waals surface area contributed by atoms with Crippen LogP contribution in [-0.2, 0) is 16.6 Å². The zero-order valence-corrected chi connectivity index (χ0v) is 13.5. The quantitative estimate of drug-likeness (QED) is 0.805. The molecule has 0 heterocycles. The van der Waals surface area contributed by atoms with Gasteiger partial charge in [-0.05, 0) is 36.2 Å². The second-order valence-electron chi connectivity index (χ2n) is 5.07. The van der Waals surface area contributed by atoms with Crippen LogP contribution in [0.1, 0.15) is 25.3 Å². The van der Waals surface area contributed by atoms with Gasteiger partial charge in [-0.3, -0.25) is 4.72 Å². The molecule has 0 bridgehead atoms. The summed E-state index contributed by atoms with van der Waals surface area (Å²) in [6.07, 6.45) is 1.51. The number of nitrogens with one attached hydrogen (secondary N) is 1. The summed E-state index contributed by atoms with van der Waals surface area (Å²) in [5, 5.41) is 0. The summed E-state index contributed by atoms with van der Waals surface area (Å²) in [4.78, 5) is 0. The highest BCUT2D eigenvalue weighted by molar-refractivity contribution is 7.92. The van der Waals surface area contributed by atoms with Gasteiger partial charge in [0.2, 0.25) is 10.0 Å². The van der Waals surface area contributed by atoms with Crippen molar-refractivity contribution < 1.29 is 13.2 Å². The number of unbranched alkanes of at least 4 members (excludes halogenated alkanes) is 1. The Morgan fingerprint density at radius 3 is 2.32 bits per heavy atom. The molecule has 22 heavy (non-hydrogen) atoms. The van der Waals surface area contributed by atoms with Gasteiger partial charge in [0, 0.05) is 5.69 Å². The number of ether oxygens (including phenoxy) is 1. The van der Waals surface area contributed by atoms with Crippen molar-refractivity contribution in [2.24, 2.45) is 0 Å². The molecule has 2 aromatic carbocycles. The molecule has 0 saturated heterocycles. The fraction of sp³-hybridized carbons (Fsp3) is 0.294. The van der Waals surface area contributed by atoms with Crippen molar-refractivity contribution in [1.29, 1.82) is 0 Å². The number of benzene rings is 2. The maximum absolute atomic E-state index is 11.8. The maximum Gasteiger partial charge on any atom is 0.232 e. The van der Waals surface area contributed by atoms with E-state index in [1.54, 1.807) is 24.3 Å². The van der Waals surface area contributed by atoms with Crippen LogP contribution in [0.5, 0.6) is 5.75 Å². The standard InChI is InChI=1S/C17H21NO3S/c1-2-3-13-22(19,20)18-16-9-11-17(12-10-16)21-14-15-7-5-4-6-8-15/h4-12,18H,2-3,13-14H2,1H3. The average Bonchev–Trinajstić information content (AvgIpc) is 2.53. The Balaban J connectivity index is 1.90. The van der Waals surface area contributed by atoms with E-state index in [1.807, 2.05) is 37.3 Å². The van der Waals surface area contributed by atoms with E-state index in [1.165, 1.54) is 0 Å². The van der Waals surface area contributed by atoms with Crippen molar-refractivity contribution >= 4 is 15.7 Å². The van der Waals surface area contributed by atoms with Gasteiger partial charge in [0.1, 0.15) is 12.4 Å². The normalized spacial score (nSPS) is 11.1. The fourth-order valence-corrected chi connectivity index (χ4v) is 3.19. The van der Waals surface area contributed by atoms with Gasteiger partial charge in [-0.15, -0.1) is 0 Å². The summed E-state index contributed by atoms with van der Waals surface area (Å²) in [5.74, 6) is 0.857. The van der Waals surface area contributed by atoms with Crippen LogP contribution in [0.25, 0.3) is 0 Å². The Hall–Kier alpha value is -2.01. The first-order valence-electron chi connectivity index (χ1n) is 7.36. The van der Waals surface area contributed by atoms with Crippen LogP contribution in [0.15, 0.2) is 54.6 Å². The molecular weight excluding hydrogens is 298 g/mol. The van der Waals surface area contributed by atoms with Crippen molar-refractivity contribution in [1.82, 2.24) is 0 Å². The second-order valence-corrected chi connectivity index (χ2v) is 6.92. The van der Waals surface area contributed by atoms with Crippen LogP contribution in [0.3, 0.4) is 0 Å². The third kappa shape index (κ3) is 5.41. The number of sulfonamides is 1. The van der Waals surface area contributed by atoms with Gasteiger partial charge in [0.15, 0.2) is 0 Å². The van der Waals surface area contributed by atoms with Gasteiger partial charge in [-0.25, -0.2) is 8.42 Å². The predicted molar refractivity (Wildman–Crippen MR) is 89.5 cm³/mol. The molecule has 0 amide bonds. The monoisotopic (exact) mass is 319 g/mol. The van der Waals surface area contributed by atoms with Gasteiger partial charge in [0.25, 0.3) is 0 Å². The Bertz CT molecular complexity index is 667. The molecule has 0 aliphatic rings. The number of hydrogen-bond donors (Lipinski definition) is 1. The lowest BCUT2D eigenvalue weighted by Gasteiger charge is -2.09. The molecule has 5 heteroatoms. The Morgan fingerprint density at radius 1 is 1.00 bits per heavy atom. The van der Waals surface area contributed by atoms with E-state index in [9.17, 15) is 8.42 Å². The third-order valence-corrected chi connectivity index (χ3v) is 4.52. The molecule has 0 aromatic heterocycles. The lowest BCUT2D eigenvalue weighted by atomic mass is 10.2. The van der Waals surface area contributed by atoms with Crippen molar-refractivity contribution in [3.63, 3.8) is 0 Å². The maximum atomic E-state index is 11.8. The molecule has 118 valence electrons. The van der Waals surface area contributed by atoms with Gasteiger partial charge in [-0.1, -0.05) is 43.7 Å². The third-order valence-electron chi connectivity index (χ3n) is 3.14. The molecule has 4 nitrogen and oxygen atoms in total. The highest BCUT2D eigenvalue weighted by atomic mass is 32.2. The van der Waals surface area contributed by atoms with E-state index in [0.717, 1.165) is 12.0 Å². The molecule has 0 radical (unpaired) electrons. The van der Waals surface area contributed by atoms with E-state index in [4.69, 9.17) is 4.74 Å². The Morgan fingerprint density at radius 2 is 1.68 bits per heavy atom. The summed E-state index contributed by atoms with van der Waals surface area (Å²) in [6, 6.07) is 16.8. The van der Waals surface area contributed by atoms with Crippen LogP contribution >= 0.6 is 0 Å². The topological polar surface area (TPSA) is 55.4 Å². The summed E-state index contributed by atoms with van der Waals surface area (Å²) in [5.41, 5.74) is 1.65. The first-order chi connectivity index (χ1) is 10.6. The molecular formula is C17H21NO3S. The number of rotatable bonds is 8. The first-order valence-corrected chi connectivity index (χ1v) is 9.01. The molecule has 1 N–H and O–H groups in total. The average molecular weight is 319 g/mol. The first kappa shape index (κ1) is 16.4. The lowest BCUT2D eigenvalue weighted by Crippen LogP contribution is -2.16. The molecule has 0 aliphatic heterocycles.